The second-order valence-electron chi connectivity index (χ2n) is 6.06. The number of benzene rings is 1. The number of thiophene rings is 1. The van der Waals surface area contributed by atoms with Gasteiger partial charge in [-0.3, -0.25) is 4.99 Å². The lowest BCUT2D eigenvalue weighted by molar-refractivity contribution is 0.294. The van der Waals surface area contributed by atoms with Crippen LogP contribution in [0.4, 0.5) is 0 Å². The van der Waals surface area contributed by atoms with Crippen molar-refractivity contribution in [2.24, 2.45) is 4.99 Å². The van der Waals surface area contributed by atoms with Crippen LogP contribution in [-0.2, 0) is 6.54 Å². The van der Waals surface area contributed by atoms with Crippen LogP contribution < -0.4 is 20.1 Å². The molecule has 27 heavy (non-hydrogen) atoms. The second-order valence-corrected chi connectivity index (χ2v) is 7.04. The molecule has 0 fully saturated rings. The molecule has 150 valence electrons. The molecule has 2 N–H and O–H groups in total. The summed E-state index contributed by atoms with van der Waals surface area (Å²) in [5.41, 5.74) is 1.11. The van der Waals surface area contributed by atoms with Crippen LogP contribution in [0.25, 0.3) is 0 Å². The van der Waals surface area contributed by atoms with Gasteiger partial charge in [0, 0.05) is 30.9 Å². The van der Waals surface area contributed by atoms with E-state index in [4.69, 9.17) is 9.47 Å². The summed E-state index contributed by atoms with van der Waals surface area (Å²) < 4.78 is 11.1. The molecule has 0 spiro atoms. The lowest BCUT2D eigenvalue weighted by atomic mass is 10.1. The van der Waals surface area contributed by atoms with E-state index >= 15 is 0 Å². The minimum absolute atomic E-state index is 0. The largest absolute Gasteiger partial charge is 0.493 e. The summed E-state index contributed by atoms with van der Waals surface area (Å²) in [7, 11) is 3.45. The van der Waals surface area contributed by atoms with Crippen molar-refractivity contribution in [3.05, 3.63) is 46.2 Å². The SMILES string of the molecule is CCCOc1ccc(CNC(=NC)NCC(C)c2cccs2)cc1OC.I. The van der Waals surface area contributed by atoms with Gasteiger partial charge in [-0.1, -0.05) is 26.0 Å². The van der Waals surface area contributed by atoms with Crippen LogP contribution in [0.15, 0.2) is 40.7 Å². The lowest BCUT2D eigenvalue weighted by Gasteiger charge is -2.16. The van der Waals surface area contributed by atoms with Crippen molar-refractivity contribution in [3.63, 3.8) is 0 Å². The van der Waals surface area contributed by atoms with Gasteiger partial charge >= 0.3 is 0 Å². The van der Waals surface area contributed by atoms with E-state index in [1.165, 1.54) is 4.88 Å². The maximum absolute atomic E-state index is 5.70. The van der Waals surface area contributed by atoms with Gasteiger partial charge in [-0.15, -0.1) is 35.3 Å². The van der Waals surface area contributed by atoms with Crippen molar-refractivity contribution in [3.8, 4) is 11.5 Å². The number of aliphatic imine (C=N–C) groups is 1. The van der Waals surface area contributed by atoms with Gasteiger partial charge in [0.1, 0.15) is 0 Å². The molecule has 2 rings (SSSR count). The number of ether oxygens (including phenoxy) is 2. The number of nitrogens with one attached hydrogen (secondary N) is 2. The van der Waals surface area contributed by atoms with Crippen LogP contribution in [-0.4, -0.2) is 33.3 Å². The number of halogens is 1. The van der Waals surface area contributed by atoms with Gasteiger partial charge in [-0.05, 0) is 35.6 Å². The molecular weight excluding hydrogens is 473 g/mol. The molecule has 0 amide bonds. The molecule has 0 saturated carbocycles. The van der Waals surface area contributed by atoms with Gasteiger partial charge in [-0.2, -0.15) is 0 Å². The summed E-state index contributed by atoms with van der Waals surface area (Å²) in [4.78, 5) is 5.67. The second kappa shape index (κ2) is 12.8. The smallest absolute Gasteiger partial charge is 0.191 e. The molecular formula is C20H30IN3O2S. The average Bonchev–Trinajstić information content (AvgIpc) is 3.21. The summed E-state index contributed by atoms with van der Waals surface area (Å²) >= 11 is 1.79. The van der Waals surface area contributed by atoms with Crippen molar-refractivity contribution in [1.29, 1.82) is 0 Å². The Morgan fingerprint density at radius 1 is 1.22 bits per heavy atom. The number of rotatable bonds is 9. The van der Waals surface area contributed by atoms with E-state index in [2.05, 4.69) is 47.0 Å². The summed E-state index contributed by atoms with van der Waals surface area (Å²) in [6.45, 7) is 6.49. The highest BCUT2D eigenvalue weighted by Gasteiger charge is 2.09. The Morgan fingerprint density at radius 2 is 2.04 bits per heavy atom. The van der Waals surface area contributed by atoms with Crippen LogP contribution in [0.1, 0.15) is 36.6 Å². The molecule has 1 aromatic heterocycles. The van der Waals surface area contributed by atoms with Crippen molar-refractivity contribution in [1.82, 2.24) is 10.6 Å². The first kappa shape index (κ1) is 23.6. The molecule has 0 aliphatic carbocycles. The Bertz CT molecular complexity index is 693. The van der Waals surface area contributed by atoms with Gasteiger partial charge in [0.25, 0.3) is 0 Å². The molecule has 7 heteroatoms. The zero-order valence-electron chi connectivity index (χ0n) is 16.5. The fourth-order valence-electron chi connectivity index (χ4n) is 2.48. The minimum Gasteiger partial charge on any atom is -0.493 e. The lowest BCUT2D eigenvalue weighted by Crippen LogP contribution is -2.38. The van der Waals surface area contributed by atoms with E-state index in [1.807, 2.05) is 18.2 Å². The predicted octanol–water partition coefficient (Wildman–Crippen LogP) is 4.63. The van der Waals surface area contributed by atoms with Crippen LogP contribution in [0.5, 0.6) is 11.5 Å². The Hall–Kier alpha value is -1.48. The highest BCUT2D eigenvalue weighted by atomic mass is 127. The summed E-state index contributed by atoms with van der Waals surface area (Å²) in [6.07, 6.45) is 0.971. The Kier molecular flexibility index (Phi) is 11.2. The topological polar surface area (TPSA) is 54.9 Å². The Morgan fingerprint density at radius 3 is 2.67 bits per heavy atom. The quantitative estimate of drug-likeness (QED) is 0.298. The number of methoxy groups -OCH3 is 1. The van der Waals surface area contributed by atoms with E-state index in [-0.39, 0.29) is 24.0 Å². The van der Waals surface area contributed by atoms with Gasteiger partial charge in [-0.25, -0.2) is 0 Å². The van der Waals surface area contributed by atoms with Gasteiger partial charge in [0.15, 0.2) is 17.5 Å². The van der Waals surface area contributed by atoms with Crippen molar-refractivity contribution < 1.29 is 9.47 Å². The molecule has 0 bridgehead atoms. The highest BCUT2D eigenvalue weighted by molar-refractivity contribution is 14.0. The molecule has 1 unspecified atom stereocenters. The fourth-order valence-corrected chi connectivity index (χ4v) is 3.27. The summed E-state index contributed by atoms with van der Waals surface area (Å²) in [5, 5.41) is 8.84. The first-order chi connectivity index (χ1) is 12.7. The summed E-state index contributed by atoms with van der Waals surface area (Å²) in [6, 6.07) is 10.3. The van der Waals surface area contributed by atoms with E-state index < -0.39 is 0 Å². The Balaban J connectivity index is 0.00000364. The third-order valence-electron chi connectivity index (χ3n) is 3.98. The summed E-state index contributed by atoms with van der Waals surface area (Å²) in [5.74, 6) is 2.78. The number of hydrogen-bond acceptors (Lipinski definition) is 4. The van der Waals surface area contributed by atoms with Gasteiger partial charge in [0.05, 0.1) is 13.7 Å². The molecule has 1 heterocycles. The molecule has 1 aromatic carbocycles. The number of nitrogens with zero attached hydrogens (tertiary/aromatic N) is 1. The predicted molar refractivity (Wildman–Crippen MR) is 125 cm³/mol. The molecule has 5 nitrogen and oxygen atoms in total. The van der Waals surface area contributed by atoms with Crippen molar-refractivity contribution in [2.45, 2.75) is 32.7 Å². The normalized spacial score (nSPS) is 12.1. The van der Waals surface area contributed by atoms with Crippen LogP contribution in [0, 0.1) is 0 Å². The average molecular weight is 503 g/mol. The first-order valence-corrected chi connectivity index (χ1v) is 9.83. The molecule has 0 aliphatic heterocycles. The number of hydrogen-bond donors (Lipinski definition) is 2. The zero-order chi connectivity index (χ0) is 18.8. The number of guanidine groups is 1. The van der Waals surface area contributed by atoms with Crippen molar-refractivity contribution >= 4 is 41.3 Å². The Labute approximate surface area is 183 Å². The molecule has 0 radical (unpaired) electrons. The maximum atomic E-state index is 5.70. The van der Waals surface area contributed by atoms with Crippen LogP contribution in [0.2, 0.25) is 0 Å². The fraction of sp³-hybridized carbons (Fsp3) is 0.450. The standard InChI is InChI=1S/C20H29N3O2S.HI/c1-5-10-25-17-9-8-16(12-18(17)24-4)14-23-20(21-3)22-13-15(2)19-7-6-11-26-19;/h6-9,11-12,15H,5,10,13-14H2,1-4H3,(H2,21,22,23);1H. The van der Waals surface area contributed by atoms with Gasteiger partial charge < -0.3 is 20.1 Å². The minimum atomic E-state index is 0. The van der Waals surface area contributed by atoms with Crippen molar-refractivity contribution in [2.75, 3.05) is 27.3 Å². The maximum Gasteiger partial charge on any atom is 0.191 e. The van der Waals surface area contributed by atoms with E-state index in [0.717, 1.165) is 36.0 Å². The molecule has 0 saturated heterocycles. The third-order valence-corrected chi connectivity index (χ3v) is 5.08. The monoisotopic (exact) mass is 503 g/mol. The van der Waals surface area contributed by atoms with Crippen LogP contribution in [0.3, 0.4) is 0 Å². The molecule has 2 aromatic rings. The van der Waals surface area contributed by atoms with Crippen LogP contribution >= 0.6 is 35.3 Å². The molecule has 0 aliphatic rings. The zero-order valence-corrected chi connectivity index (χ0v) is 19.6. The van der Waals surface area contributed by atoms with E-state index in [1.54, 1.807) is 25.5 Å². The first-order valence-electron chi connectivity index (χ1n) is 8.95. The van der Waals surface area contributed by atoms with Gasteiger partial charge in [0.2, 0.25) is 0 Å². The van der Waals surface area contributed by atoms with E-state index in [0.29, 0.717) is 19.1 Å². The van der Waals surface area contributed by atoms with E-state index in [9.17, 15) is 0 Å². The molecule has 1 atom stereocenters. The third kappa shape index (κ3) is 7.57. The highest BCUT2D eigenvalue weighted by Crippen LogP contribution is 2.28.